The molecule has 7 nitrogen and oxygen atoms in total. The van der Waals surface area contributed by atoms with E-state index < -0.39 is 5.95 Å². The minimum atomic E-state index is -0.525. The van der Waals surface area contributed by atoms with E-state index in [9.17, 15) is 9.18 Å². The molecule has 1 atom stereocenters. The van der Waals surface area contributed by atoms with Gasteiger partial charge in [0.05, 0.1) is 11.1 Å². The number of piperazine rings is 1. The number of ether oxygens (including phenoxy) is 2. The predicted octanol–water partition coefficient (Wildman–Crippen LogP) is 4.70. The Balaban J connectivity index is 1.18. The molecule has 3 heterocycles. The Bertz CT molecular complexity index is 1040. The molecule has 1 spiro atoms. The highest BCUT2D eigenvalue weighted by molar-refractivity contribution is 9.10. The van der Waals surface area contributed by atoms with Gasteiger partial charge in [0, 0.05) is 56.8 Å². The monoisotopic (exact) mass is 546 g/mol. The third-order valence-corrected chi connectivity index (χ3v) is 8.06. The van der Waals surface area contributed by atoms with Gasteiger partial charge >= 0.3 is 6.09 Å². The van der Waals surface area contributed by atoms with Crippen molar-refractivity contribution in [3.8, 4) is 5.75 Å². The minimum absolute atomic E-state index is 0.185. The van der Waals surface area contributed by atoms with Crippen LogP contribution in [0.3, 0.4) is 0 Å². The lowest BCUT2D eigenvalue weighted by atomic mass is 9.78. The first kappa shape index (κ1) is 24.3. The third kappa shape index (κ3) is 5.26. The van der Waals surface area contributed by atoms with Crippen molar-refractivity contribution in [2.75, 3.05) is 50.8 Å². The van der Waals surface area contributed by atoms with Gasteiger partial charge < -0.3 is 19.3 Å². The van der Waals surface area contributed by atoms with Crippen molar-refractivity contribution in [1.82, 2.24) is 14.8 Å². The number of aromatic nitrogens is 1. The van der Waals surface area contributed by atoms with Crippen molar-refractivity contribution in [2.45, 2.75) is 38.8 Å². The molecule has 1 aromatic carbocycles. The summed E-state index contributed by atoms with van der Waals surface area (Å²) in [6, 6.07) is 12.1. The summed E-state index contributed by atoms with van der Waals surface area (Å²) in [5.41, 5.74) is 1.31. The Labute approximate surface area is 214 Å². The van der Waals surface area contributed by atoms with E-state index in [1.54, 1.807) is 6.07 Å². The fraction of sp³-hybridized carbons (Fsp3) is 0.538. The number of nitrogens with zero attached hydrogens (tertiary/aromatic N) is 4. The van der Waals surface area contributed by atoms with Crippen LogP contribution in [0.25, 0.3) is 0 Å². The van der Waals surface area contributed by atoms with Gasteiger partial charge in [-0.15, -0.1) is 0 Å². The topological polar surface area (TPSA) is 58.1 Å². The lowest BCUT2D eigenvalue weighted by Crippen LogP contribution is -2.58. The van der Waals surface area contributed by atoms with Crippen molar-refractivity contribution in [2.24, 2.45) is 5.41 Å². The third-order valence-electron chi connectivity index (χ3n) is 7.50. The van der Waals surface area contributed by atoms with Crippen LogP contribution in [0.15, 0.2) is 40.9 Å². The molecule has 0 N–H and O–H groups in total. The van der Waals surface area contributed by atoms with Gasteiger partial charge in [-0.1, -0.05) is 30.3 Å². The molecule has 0 unspecified atom stereocenters. The van der Waals surface area contributed by atoms with Crippen molar-refractivity contribution in [1.29, 1.82) is 0 Å². The normalized spacial score (nSPS) is 21.7. The molecule has 9 heteroatoms. The zero-order valence-corrected chi connectivity index (χ0v) is 21.7. The van der Waals surface area contributed by atoms with Crippen LogP contribution >= 0.6 is 15.9 Å². The number of rotatable bonds is 6. The standard InChI is InChI=1S/C26H32BrFN4O3/c1-2-34-25(33)32-17-26(18-32)9-8-20(15-26)30-10-12-31(13-11-30)24-22(14-21(27)23(28)29-24)35-16-19-6-4-3-5-7-19/h3-7,14,20H,2,8-13,15-18H2,1H3/t20-/m1/s1. The maximum absolute atomic E-state index is 14.4. The maximum atomic E-state index is 14.4. The van der Waals surface area contributed by atoms with E-state index in [1.165, 1.54) is 0 Å². The van der Waals surface area contributed by atoms with Crippen LogP contribution in [0.4, 0.5) is 15.0 Å². The largest absolute Gasteiger partial charge is 0.485 e. The van der Waals surface area contributed by atoms with Gasteiger partial charge in [0.2, 0.25) is 5.95 Å². The van der Waals surface area contributed by atoms with Gasteiger partial charge in [-0.25, -0.2) is 4.79 Å². The molecule has 2 saturated heterocycles. The molecule has 0 bridgehead atoms. The predicted molar refractivity (Wildman–Crippen MR) is 135 cm³/mol. The number of pyridine rings is 1. The summed E-state index contributed by atoms with van der Waals surface area (Å²) in [6.45, 7) is 7.64. The van der Waals surface area contributed by atoms with Crippen LogP contribution < -0.4 is 9.64 Å². The highest BCUT2D eigenvalue weighted by atomic mass is 79.9. The molecule has 3 aliphatic rings. The second-order valence-electron chi connectivity index (χ2n) is 9.83. The summed E-state index contributed by atoms with van der Waals surface area (Å²) in [5.74, 6) is 0.625. The Morgan fingerprint density at radius 2 is 1.94 bits per heavy atom. The van der Waals surface area contributed by atoms with E-state index in [-0.39, 0.29) is 11.5 Å². The number of hydrogen-bond donors (Lipinski definition) is 0. The lowest BCUT2D eigenvalue weighted by Gasteiger charge is -2.48. The van der Waals surface area contributed by atoms with Crippen LogP contribution in [-0.2, 0) is 11.3 Å². The smallest absolute Gasteiger partial charge is 0.409 e. The number of carbonyl (C=O) groups excluding carboxylic acids is 1. The Hall–Kier alpha value is -2.39. The molecular weight excluding hydrogens is 515 g/mol. The maximum Gasteiger partial charge on any atom is 0.409 e. The zero-order chi connectivity index (χ0) is 24.4. The Morgan fingerprint density at radius 1 is 1.20 bits per heavy atom. The molecule has 2 aromatic rings. The number of anilines is 1. The first-order valence-corrected chi connectivity index (χ1v) is 13.2. The van der Waals surface area contributed by atoms with Gasteiger partial charge in [0.25, 0.3) is 0 Å². The quantitative estimate of drug-likeness (QED) is 0.489. The van der Waals surface area contributed by atoms with Crippen LogP contribution in [0.1, 0.15) is 31.7 Å². The van der Waals surface area contributed by atoms with Gasteiger partial charge in [-0.05, 0) is 47.7 Å². The number of likely N-dealkylation sites (tertiary alicyclic amines) is 1. The fourth-order valence-corrected chi connectivity index (χ4v) is 5.99. The highest BCUT2D eigenvalue weighted by Gasteiger charge is 2.51. The number of halogens is 2. The summed E-state index contributed by atoms with van der Waals surface area (Å²) < 4.78 is 25.9. The molecule has 0 radical (unpaired) electrons. The van der Waals surface area contributed by atoms with Crippen molar-refractivity contribution in [3.05, 3.63) is 52.4 Å². The second-order valence-corrected chi connectivity index (χ2v) is 10.7. The summed E-state index contributed by atoms with van der Waals surface area (Å²) in [6.07, 6.45) is 3.26. The Kier molecular flexibility index (Phi) is 7.16. The number of hydrogen-bond acceptors (Lipinski definition) is 6. The van der Waals surface area contributed by atoms with E-state index in [4.69, 9.17) is 9.47 Å². The molecule has 1 aromatic heterocycles. The number of benzene rings is 1. The molecule has 1 aliphatic carbocycles. The molecule has 1 saturated carbocycles. The molecule has 1 amide bonds. The zero-order valence-electron chi connectivity index (χ0n) is 20.1. The summed E-state index contributed by atoms with van der Waals surface area (Å²) in [4.78, 5) is 22.7. The average Bonchev–Trinajstić information content (AvgIpc) is 3.31. The number of amides is 1. The minimum Gasteiger partial charge on any atom is -0.485 e. The van der Waals surface area contributed by atoms with Crippen LogP contribution in [0.5, 0.6) is 5.75 Å². The van der Waals surface area contributed by atoms with E-state index >= 15 is 0 Å². The van der Waals surface area contributed by atoms with Crippen LogP contribution in [0.2, 0.25) is 0 Å². The molecular formula is C26H32BrFN4O3. The average molecular weight is 547 g/mol. The SMILES string of the molecule is CCOC(=O)N1CC2(CC[C@@H](N3CCN(c4nc(F)c(Br)cc4OCc4ccccc4)CC3)C2)C1. The van der Waals surface area contributed by atoms with Gasteiger partial charge in [0.15, 0.2) is 11.6 Å². The molecule has 5 rings (SSSR count). The molecule has 3 fully saturated rings. The van der Waals surface area contributed by atoms with E-state index in [0.717, 1.165) is 64.1 Å². The van der Waals surface area contributed by atoms with Crippen LogP contribution in [-0.4, -0.2) is 72.8 Å². The van der Waals surface area contributed by atoms with Crippen molar-refractivity contribution in [3.63, 3.8) is 0 Å². The lowest BCUT2D eigenvalue weighted by molar-refractivity contribution is -0.00295. The van der Waals surface area contributed by atoms with Gasteiger partial charge in [-0.2, -0.15) is 9.37 Å². The summed E-state index contributed by atoms with van der Waals surface area (Å²) in [5, 5.41) is 0. The highest BCUT2D eigenvalue weighted by Crippen LogP contribution is 2.47. The molecule has 188 valence electrons. The van der Waals surface area contributed by atoms with Crippen LogP contribution in [0, 0.1) is 11.4 Å². The van der Waals surface area contributed by atoms with Crippen molar-refractivity contribution < 1.29 is 18.7 Å². The molecule has 35 heavy (non-hydrogen) atoms. The fourth-order valence-electron chi connectivity index (χ4n) is 5.69. The van der Waals surface area contributed by atoms with E-state index in [1.807, 2.05) is 42.2 Å². The summed E-state index contributed by atoms with van der Waals surface area (Å²) >= 11 is 3.25. The van der Waals surface area contributed by atoms with E-state index in [0.29, 0.717) is 35.3 Å². The Morgan fingerprint density at radius 3 is 2.66 bits per heavy atom. The van der Waals surface area contributed by atoms with Crippen molar-refractivity contribution >= 4 is 27.8 Å². The first-order valence-electron chi connectivity index (χ1n) is 12.4. The van der Waals surface area contributed by atoms with E-state index in [2.05, 4.69) is 30.7 Å². The molecule has 2 aliphatic heterocycles. The van der Waals surface area contributed by atoms with Gasteiger partial charge in [0.1, 0.15) is 6.61 Å². The second kappa shape index (κ2) is 10.3. The first-order chi connectivity index (χ1) is 17.0. The number of carbonyl (C=O) groups is 1. The van der Waals surface area contributed by atoms with Gasteiger partial charge in [-0.3, -0.25) is 4.90 Å². The summed E-state index contributed by atoms with van der Waals surface area (Å²) in [7, 11) is 0.